The zero-order chi connectivity index (χ0) is 11.3. The molecule has 1 heterocycles. The van der Waals surface area contributed by atoms with E-state index in [1.54, 1.807) is 6.20 Å². The lowest BCUT2D eigenvalue weighted by Crippen LogP contribution is -2.34. The van der Waals surface area contributed by atoms with Gasteiger partial charge in [-0.3, -0.25) is 0 Å². The Kier molecular flexibility index (Phi) is 4.33. The number of hydrogen-bond acceptors (Lipinski definition) is 3. The zero-order valence-electron chi connectivity index (χ0n) is 9.55. The summed E-state index contributed by atoms with van der Waals surface area (Å²) in [7, 11) is 0. The first-order chi connectivity index (χ1) is 7.09. The highest BCUT2D eigenvalue weighted by Gasteiger charge is 2.21. The third kappa shape index (κ3) is 3.67. The number of anilines is 1. The van der Waals surface area contributed by atoms with Crippen LogP contribution in [0.25, 0.3) is 0 Å². The van der Waals surface area contributed by atoms with E-state index in [1.807, 2.05) is 13.0 Å². The Morgan fingerprint density at radius 1 is 1.53 bits per heavy atom. The molecule has 0 bridgehead atoms. The van der Waals surface area contributed by atoms with Crippen LogP contribution in [0.15, 0.2) is 12.3 Å². The summed E-state index contributed by atoms with van der Waals surface area (Å²) < 4.78 is 0. The monoisotopic (exact) mass is 227 g/mol. The van der Waals surface area contributed by atoms with Gasteiger partial charge in [0.25, 0.3) is 0 Å². The molecule has 0 amide bonds. The van der Waals surface area contributed by atoms with Crippen LogP contribution in [-0.2, 0) is 0 Å². The lowest BCUT2D eigenvalue weighted by atomic mass is 9.95. The first-order valence-corrected chi connectivity index (χ1v) is 5.77. The second-order valence-electron chi connectivity index (χ2n) is 3.97. The molecule has 1 N–H and O–H groups in total. The predicted molar refractivity (Wildman–Crippen MR) is 64.4 cm³/mol. The van der Waals surface area contributed by atoms with E-state index < -0.39 is 0 Å². The van der Waals surface area contributed by atoms with E-state index in [1.165, 1.54) is 0 Å². The number of aromatic nitrogens is 2. The van der Waals surface area contributed by atoms with Crippen molar-refractivity contribution in [2.24, 2.45) is 0 Å². The maximum atomic E-state index is 5.79. The minimum Gasteiger partial charge on any atom is -0.365 e. The molecule has 0 spiro atoms. The van der Waals surface area contributed by atoms with E-state index in [4.69, 9.17) is 11.6 Å². The summed E-state index contributed by atoms with van der Waals surface area (Å²) in [5, 5.41) is 3.41. The maximum Gasteiger partial charge on any atom is 0.130 e. The molecule has 0 aromatic carbocycles. The molecule has 0 aliphatic rings. The summed E-state index contributed by atoms with van der Waals surface area (Å²) in [5.74, 6) is 2.31. The molecule has 3 nitrogen and oxygen atoms in total. The molecule has 0 radical (unpaired) electrons. The maximum absolute atomic E-state index is 5.79. The first kappa shape index (κ1) is 12.2. The highest BCUT2D eigenvalue weighted by atomic mass is 35.5. The number of hydrogen-bond donors (Lipinski definition) is 1. The Morgan fingerprint density at radius 2 is 2.27 bits per heavy atom. The average Bonchev–Trinajstić information content (AvgIpc) is 2.18. The highest BCUT2D eigenvalue weighted by Crippen LogP contribution is 2.20. The van der Waals surface area contributed by atoms with E-state index in [0.717, 1.165) is 24.5 Å². The molecule has 0 saturated heterocycles. The molecule has 1 rings (SSSR count). The van der Waals surface area contributed by atoms with E-state index in [0.29, 0.717) is 5.88 Å². The van der Waals surface area contributed by atoms with Gasteiger partial charge in [-0.25, -0.2) is 9.97 Å². The fourth-order valence-corrected chi connectivity index (χ4v) is 1.79. The molecular weight excluding hydrogens is 210 g/mol. The van der Waals surface area contributed by atoms with Crippen LogP contribution in [-0.4, -0.2) is 21.4 Å². The van der Waals surface area contributed by atoms with Crippen LogP contribution in [0.5, 0.6) is 0 Å². The van der Waals surface area contributed by atoms with Gasteiger partial charge in [-0.15, -0.1) is 11.6 Å². The fraction of sp³-hybridized carbons (Fsp3) is 0.636. The topological polar surface area (TPSA) is 37.8 Å². The lowest BCUT2D eigenvalue weighted by molar-refractivity contribution is 0.479. The van der Waals surface area contributed by atoms with Gasteiger partial charge in [0.1, 0.15) is 11.6 Å². The van der Waals surface area contributed by atoms with Gasteiger partial charge in [-0.2, -0.15) is 0 Å². The van der Waals surface area contributed by atoms with Crippen LogP contribution in [0, 0.1) is 6.92 Å². The predicted octanol–water partition coefficient (Wildman–Crippen LogP) is 2.99. The third-order valence-electron chi connectivity index (χ3n) is 2.63. The van der Waals surface area contributed by atoms with Crippen LogP contribution in [0.1, 0.15) is 32.5 Å². The van der Waals surface area contributed by atoms with Crippen LogP contribution in [0.3, 0.4) is 0 Å². The summed E-state index contributed by atoms with van der Waals surface area (Å²) in [5.41, 5.74) is 0.0164. The Morgan fingerprint density at radius 3 is 2.80 bits per heavy atom. The molecule has 0 fully saturated rings. The van der Waals surface area contributed by atoms with E-state index in [-0.39, 0.29) is 5.54 Å². The average molecular weight is 228 g/mol. The Labute approximate surface area is 96.3 Å². The van der Waals surface area contributed by atoms with Crippen molar-refractivity contribution in [1.82, 2.24) is 9.97 Å². The second-order valence-corrected chi connectivity index (χ2v) is 4.35. The molecule has 4 heteroatoms. The van der Waals surface area contributed by atoms with Crippen LogP contribution >= 0.6 is 11.6 Å². The summed E-state index contributed by atoms with van der Waals surface area (Å²) in [6.45, 7) is 6.19. The van der Waals surface area contributed by atoms with E-state index in [2.05, 4.69) is 29.1 Å². The number of aryl methyl sites for hydroxylation is 1. The van der Waals surface area contributed by atoms with Crippen molar-refractivity contribution in [2.75, 3.05) is 11.2 Å². The summed E-state index contributed by atoms with van der Waals surface area (Å²) in [6, 6.07) is 1.88. The molecule has 15 heavy (non-hydrogen) atoms. The van der Waals surface area contributed by atoms with Crippen molar-refractivity contribution < 1.29 is 0 Å². The van der Waals surface area contributed by atoms with Gasteiger partial charge in [0.2, 0.25) is 0 Å². The van der Waals surface area contributed by atoms with Gasteiger partial charge in [0.15, 0.2) is 0 Å². The number of nitrogens with one attached hydrogen (secondary N) is 1. The van der Waals surface area contributed by atoms with Gasteiger partial charge in [-0.1, -0.05) is 6.92 Å². The summed E-state index contributed by atoms with van der Waals surface area (Å²) >= 11 is 5.79. The molecule has 0 aliphatic heterocycles. The molecular formula is C11H18ClN3. The Balaban J connectivity index is 2.74. The van der Waals surface area contributed by atoms with Gasteiger partial charge >= 0.3 is 0 Å². The van der Waals surface area contributed by atoms with Crippen LogP contribution in [0.4, 0.5) is 5.82 Å². The van der Waals surface area contributed by atoms with Crippen molar-refractivity contribution in [1.29, 1.82) is 0 Å². The van der Waals surface area contributed by atoms with E-state index in [9.17, 15) is 0 Å². The van der Waals surface area contributed by atoms with Gasteiger partial charge in [-0.05, 0) is 32.8 Å². The molecule has 1 aromatic rings. The Bertz CT molecular complexity index is 316. The molecule has 1 atom stereocenters. The minimum atomic E-state index is 0.0164. The van der Waals surface area contributed by atoms with Crippen molar-refractivity contribution >= 4 is 17.4 Å². The normalized spacial score (nSPS) is 14.7. The molecule has 84 valence electrons. The molecule has 0 saturated carbocycles. The number of halogens is 1. The van der Waals surface area contributed by atoms with Crippen molar-refractivity contribution in [3.63, 3.8) is 0 Å². The van der Waals surface area contributed by atoms with Gasteiger partial charge in [0, 0.05) is 17.6 Å². The van der Waals surface area contributed by atoms with Gasteiger partial charge in [0.05, 0.1) is 0 Å². The largest absolute Gasteiger partial charge is 0.365 e. The number of nitrogens with zero attached hydrogens (tertiary/aromatic N) is 2. The fourth-order valence-electron chi connectivity index (χ4n) is 1.37. The SMILES string of the molecule is CCC(C)(CCCl)Nc1ccnc(C)n1. The molecule has 1 aromatic heterocycles. The van der Waals surface area contributed by atoms with Crippen LogP contribution in [0.2, 0.25) is 0 Å². The van der Waals surface area contributed by atoms with E-state index >= 15 is 0 Å². The second kappa shape index (κ2) is 5.31. The molecule has 0 aliphatic carbocycles. The minimum absolute atomic E-state index is 0.0164. The lowest BCUT2D eigenvalue weighted by Gasteiger charge is -2.29. The smallest absolute Gasteiger partial charge is 0.130 e. The highest BCUT2D eigenvalue weighted by molar-refractivity contribution is 6.17. The van der Waals surface area contributed by atoms with Crippen LogP contribution < -0.4 is 5.32 Å². The summed E-state index contributed by atoms with van der Waals surface area (Å²) in [4.78, 5) is 8.39. The number of alkyl halides is 1. The van der Waals surface area contributed by atoms with Crippen molar-refractivity contribution in [3.05, 3.63) is 18.1 Å². The zero-order valence-corrected chi connectivity index (χ0v) is 10.3. The standard InChI is InChI=1S/C11H18ClN3/c1-4-11(3,6-7-12)15-10-5-8-13-9(2)14-10/h5,8H,4,6-7H2,1-3H3,(H,13,14,15). The first-order valence-electron chi connectivity index (χ1n) is 5.23. The third-order valence-corrected chi connectivity index (χ3v) is 2.82. The molecule has 1 unspecified atom stereocenters. The quantitative estimate of drug-likeness (QED) is 0.786. The summed E-state index contributed by atoms with van der Waals surface area (Å²) in [6.07, 6.45) is 3.71. The van der Waals surface area contributed by atoms with Crippen molar-refractivity contribution in [2.45, 2.75) is 39.2 Å². The number of rotatable bonds is 5. The Hall–Kier alpha value is -0.830. The van der Waals surface area contributed by atoms with Crippen molar-refractivity contribution in [3.8, 4) is 0 Å². The van der Waals surface area contributed by atoms with Gasteiger partial charge < -0.3 is 5.32 Å².